The van der Waals surface area contributed by atoms with Crippen LogP contribution in [0.2, 0.25) is 0 Å². The summed E-state index contributed by atoms with van der Waals surface area (Å²) in [6.07, 6.45) is 1.70. The third kappa shape index (κ3) is 2.58. The van der Waals surface area contributed by atoms with Crippen molar-refractivity contribution in [1.29, 1.82) is 10.5 Å². The predicted molar refractivity (Wildman–Crippen MR) is 87.5 cm³/mol. The van der Waals surface area contributed by atoms with Gasteiger partial charge in [0.2, 0.25) is 5.96 Å². The molecule has 25 heavy (non-hydrogen) atoms. The Labute approximate surface area is 141 Å². The number of fused-ring (bicyclic) bond motifs is 1. The Kier molecular flexibility index (Phi) is 3.71. The van der Waals surface area contributed by atoms with Gasteiger partial charge in [0.05, 0.1) is 5.69 Å². The molecule has 1 aliphatic heterocycles. The Morgan fingerprint density at radius 2 is 2.08 bits per heavy atom. The lowest BCUT2D eigenvalue weighted by molar-refractivity contribution is 0.462. The Balaban J connectivity index is 2.30. The highest BCUT2D eigenvalue weighted by atomic mass is 19.1. The summed E-state index contributed by atoms with van der Waals surface area (Å²) < 4.78 is 13.7. The number of nitrogens with one attached hydrogen (secondary N) is 2. The van der Waals surface area contributed by atoms with E-state index in [0.29, 0.717) is 0 Å². The fourth-order valence-electron chi connectivity index (χ4n) is 2.55. The summed E-state index contributed by atoms with van der Waals surface area (Å²) in [5.74, 6) is -0.767. The summed E-state index contributed by atoms with van der Waals surface area (Å²) in [5, 5.41) is 33.2. The standard InChI is InChI=1S/C15H11FN8O/c16-6-1-2-9(25)7(3-6)12-10-11(19)8(4-17)13(20)23-14(10)24-15(22-12)21-5-18/h1-3,12,25H,(H6,19,20,21,22,23,24). The molecule has 9 nitrogen and oxygen atoms in total. The number of phenolic OH excluding ortho intramolecular Hbond substituents is 1. The van der Waals surface area contributed by atoms with Gasteiger partial charge in [-0.3, -0.25) is 5.32 Å². The molecule has 0 bridgehead atoms. The van der Waals surface area contributed by atoms with Crippen LogP contribution in [-0.4, -0.2) is 16.1 Å². The van der Waals surface area contributed by atoms with Crippen molar-refractivity contribution in [1.82, 2.24) is 10.3 Å². The number of aromatic nitrogens is 1. The lowest BCUT2D eigenvalue weighted by Gasteiger charge is -2.26. The van der Waals surface area contributed by atoms with Crippen molar-refractivity contribution in [2.24, 2.45) is 4.99 Å². The fourth-order valence-corrected chi connectivity index (χ4v) is 2.55. The summed E-state index contributed by atoms with van der Waals surface area (Å²) in [6.45, 7) is 0. The van der Waals surface area contributed by atoms with Gasteiger partial charge in [0.25, 0.3) is 0 Å². The minimum Gasteiger partial charge on any atom is -0.508 e. The number of hydrogen-bond donors (Lipinski definition) is 5. The van der Waals surface area contributed by atoms with Gasteiger partial charge in [-0.05, 0) is 18.2 Å². The SMILES string of the molecule is N#CNC1=NC(c2cc(F)ccc2O)c2c(nc(N)c(C#N)c2N)N1. The molecule has 3 rings (SSSR count). The van der Waals surface area contributed by atoms with Crippen molar-refractivity contribution in [3.63, 3.8) is 0 Å². The summed E-state index contributed by atoms with van der Waals surface area (Å²) >= 11 is 0. The summed E-state index contributed by atoms with van der Waals surface area (Å²) in [6, 6.07) is 4.20. The zero-order valence-electron chi connectivity index (χ0n) is 12.6. The number of nitrogen functional groups attached to an aromatic ring is 2. The van der Waals surface area contributed by atoms with E-state index in [1.807, 2.05) is 6.07 Å². The highest BCUT2D eigenvalue weighted by Gasteiger charge is 2.31. The largest absolute Gasteiger partial charge is 0.508 e. The third-order valence-corrected chi connectivity index (χ3v) is 3.64. The molecule has 0 saturated heterocycles. The van der Waals surface area contributed by atoms with Crippen LogP contribution >= 0.6 is 0 Å². The molecule has 1 aromatic heterocycles. The first-order chi connectivity index (χ1) is 12.0. The van der Waals surface area contributed by atoms with Gasteiger partial charge >= 0.3 is 0 Å². The Morgan fingerprint density at radius 3 is 2.76 bits per heavy atom. The van der Waals surface area contributed by atoms with Gasteiger partial charge in [0.1, 0.15) is 40.9 Å². The first-order valence-electron chi connectivity index (χ1n) is 6.93. The van der Waals surface area contributed by atoms with Crippen molar-refractivity contribution in [3.05, 3.63) is 40.7 Å². The first kappa shape index (κ1) is 15.8. The van der Waals surface area contributed by atoms with E-state index in [0.717, 1.165) is 12.1 Å². The van der Waals surface area contributed by atoms with Gasteiger partial charge < -0.3 is 21.9 Å². The van der Waals surface area contributed by atoms with Crippen LogP contribution in [0, 0.1) is 28.6 Å². The van der Waals surface area contributed by atoms with E-state index in [4.69, 9.17) is 16.7 Å². The molecule has 0 saturated carbocycles. The molecule has 2 aromatic rings. The second-order valence-electron chi connectivity index (χ2n) is 5.10. The van der Waals surface area contributed by atoms with Crippen molar-refractivity contribution in [3.8, 4) is 18.0 Å². The number of rotatable bonds is 1. The topological polar surface area (TPSA) is 169 Å². The Hall–Kier alpha value is -4.05. The average molecular weight is 338 g/mol. The molecule has 0 radical (unpaired) electrons. The van der Waals surface area contributed by atoms with E-state index in [9.17, 15) is 14.8 Å². The molecule has 0 amide bonds. The molecule has 0 spiro atoms. The molecule has 2 heterocycles. The quantitative estimate of drug-likeness (QED) is 0.377. The predicted octanol–water partition coefficient (Wildman–Crippen LogP) is 0.904. The minimum atomic E-state index is -0.997. The summed E-state index contributed by atoms with van der Waals surface area (Å²) in [5.41, 5.74) is 12.1. The van der Waals surface area contributed by atoms with Crippen LogP contribution in [0.4, 0.5) is 21.7 Å². The number of hydrogen-bond acceptors (Lipinski definition) is 9. The molecular weight excluding hydrogens is 327 g/mol. The maximum atomic E-state index is 13.7. The molecule has 1 atom stereocenters. The van der Waals surface area contributed by atoms with Gasteiger partial charge in [0, 0.05) is 11.1 Å². The summed E-state index contributed by atoms with van der Waals surface area (Å²) in [7, 11) is 0. The fraction of sp³-hybridized carbons (Fsp3) is 0.0667. The lowest BCUT2D eigenvalue weighted by Crippen LogP contribution is -2.32. The van der Waals surface area contributed by atoms with E-state index in [2.05, 4.69) is 20.6 Å². The highest BCUT2D eigenvalue weighted by Crippen LogP contribution is 2.42. The van der Waals surface area contributed by atoms with Gasteiger partial charge in [-0.15, -0.1) is 0 Å². The number of nitrogens with zero attached hydrogens (tertiary/aromatic N) is 4. The van der Waals surface area contributed by atoms with Gasteiger partial charge in [-0.1, -0.05) is 0 Å². The maximum Gasteiger partial charge on any atom is 0.211 e. The van der Waals surface area contributed by atoms with Crippen LogP contribution in [0.1, 0.15) is 22.7 Å². The first-order valence-corrected chi connectivity index (χ1v) is 6.93. The van der Waals surface area contributed by atoms with Gasteiger partial charge in [-0.2, -0.15) is 10.5 Å². The number of phenols is 1. The van der Waals surface area contributed by atoms with Crippen LogP contribution in [0.15, 0.2) is 23.2 Å². The molecule has 0 fully saturated rings. The van der Waals surface area contributed by atoms with Crippen molar-refractivity contribution < 1.29 is 9.50 Å². The number of pyridine rings is 1. The number of aromatic hydroxyl groups is 1. The number of nitrogens with two attached hydrogens (primary N) is 2. The van der Waals surface area contributed by atoms with Crippen LogP contribution < -0.4 is 22.1 Å². The molecule has 0 aliphatic carbocycles. The second kappa shape index (κ2) is 5.86. The molecule has 1 aliphatic rings. The van der Waals surface area contributed by atoms with Gasteiger partial charge in [-0.25, -0.2) is 14.4 Å². The van der Waals surface area contributed by atoms with Crippen molar-refractivity contribution in [2.75, 3.05) is 16.8 Å². The normalized spacial score (nSPS) is 15.2. The van der Waals surface area contributed by atoms with Crippen molar-refractivity contribution >= 4 is 23.3 Å². The maximum absolute atomic E-state index is 13.7. The Morgan fingerprint density at radius 1 is 1.32 bits per heavy atom. The van der Waals surface area contributed by atoms with E-state index in [1.54, 1.807) is 6.19 Å². The van der Waals surface area contributed by atoms with Crippen LogP contribution in [0.25, 0.3) is 0 Å². The molecule has 1 unspecified atom stereocenters. The molecular formula is C15H11FN8O. The van der Waals surface area contributed by atoms with Crippen LogP contribution in [-0.2, 0) is 0 Å². The van der Waals surface area contributed by atoms with Crippen LogP contribution in [0.3, 0.4) is 0 Å². The number of anilines is 3. The van der Waals surface area contributed by atoms with E-state index < -0.39 is 11.9 Å². The monoisotopic (exact) mass is 338 g/mol. The number of nitriles is 2. The lowest BCUT2D eigenvalue weighted by atomic mass is 9.94. The number of aliphatic imine (C=N–C) groups is 1. The smallest absolute Gasteiger partial charge is 0.211 e. The van der Waals surface area contributed by atoms with Crippen molar-refractivity contribution in [2.45, 2.75) is 6.04 Å². The molecule has 7 N–H and O–H groups in total. The van der Waals surface area contributed by atoms with E-state index in [1.165, 1.54) is 6.07 Å². The number of benzene rings is 1. The third-order valence-electron chi connectivity index (χ3n) is 3.64. The number of halogens is 1. The van der Waals surface area contributed by atoms with E-state index >= 15 is 0 Å². The zero-order chi connectivity index (χ0) is 18.1. The highest BCUT2D eigenvalue weighted by molar-refractivity contribution is 5.98. The molecule has 1 aromatic carbocycles. The molecule has 10 heteroatoms. The Bertz CT molecular complexity index is 988. The second-order valence-corrected chi connectivity index (χ2v) is 5.10. The minimum absolute atomic E-state index is 0.00548. The average Bonchev–Trinajstić information content (AvgIpc) is 2.57. The van der Waals surface area contributed by atoms with Crippen LogP contribution in [0.5, 0.6) is 5.75 Å². The number of guanidine groups is 1. The molecule has 124 valence electrons. The van der Waals surface area contributed by atoms with E-state index in [-0.39, 0.29) is 45.7 Å². The summed E-state index contributed by atoms with van der Waals surface area (Å²) in [4.78, 5) is 8.29. The van der Waals surface area contributed by atoms with Gasteiger partial charge in [0.15, 0.2) is 6.19 Å². The zero-order valence-corrected chi connectivity index (χ0v) is 12.6.